The molecular weight excluding hydrogens is 564 g/mol. The van der Waals surface area contributed by atoms with E-state index in [4.69, 9.17) is 26.7 Å². The molecule has 2 N–H and O–H groups in total. The number of hydrogen-bond donors (Lipinski definition) is 2. The van der Waals surface area contributed by atoms with Crippen LogP contribution in [0.1, 0.15) is 53.3 Å². The molecule has 0 aliphatic carbocycles. The monoisotopic (exact) mass is 592 g/mol. The molecule has 0 saturated carbocycles. The van der Waals surface area contributed by atoms with Crippen molar-refractivity contribution in [1.82, 2.24) is 15.3 Å². The van der Waals surface area contributed by atoms with Gasteiger partial charge >= 0.3 is 5.97 Å². The van der Waals surface area contributed by atoms with Crippen molar-refractivity contribution in [3.63, 3.8) is 0 Å². The predicted octanol–water partition coefficient (Wildman–Crippen LogP) is 5.39. The molecule has 212 valence electrons. The summed E-state index contributed by atoms with van der Waals surface area (Å²) in [7, 11) is -3.44. The van der Waals surface area contributed by atoms with Crippen molar-refractivity contribution >= 4 is 50.2 Å². The van der Waals surface area contributed by atoms with E-state index in [0.717, 1.165) is 11.1 Å². The Morgan fingerprint density at radius 3 is 2.51 bits per heavy atom. The summed E-state index contributed by atoms with van der Waals surface area (Å²) in [4.78, 5) is 34.0. The smallest absolute Gasteiger partial charge is 0.303 e. The van der Waals surface area contributed by atoms with E-state index >= 15 is 0 Å². The Morgan fingerprint density at radius 1 is 1.02 bits per heavy atom. The van der Waals surface area contributed by atoms with Crippen molar-refractivity contribution in [2.45, 2.75) is 38.1 Å². The molecule has 2 heterocycles. The van der Waals surface area contributed by atoms with E-state index < -0.39 is 16.0 Å². The number of anilines is 1. The van der Waals surface area contributed by atoms with Crippen LogP contribution in [0.15, 0.2) is 66.7 Å². The van der Waals surface area contributed by atoms with Crippen LogP contribution >= 0.6 is 11.6 Å². The molecule has 9 nitrogen and oxygen atoms in total. The topological polar surface area (TPSA) is 130 Å². The molecule has 4 aromatic rings. The minimum atomic E-state index is -3.44. The van der Waals surface area contributed by atoms with E-state index in [1.165, 1.54) is 10.6 Å². The number of carbonyl (C=O) groups is 2. The molecule has 5 rings (SSSR count). The van der Waals surface area contributed by atoms with E-state index in [1.807, 2.05) is 24.3 Å². The van der Waals surface area contributed by atoms with Gasteiger partial charge in [0.25, 0.3) is 5.91 Å². The third-order valence-electron chi connectivity index (χ3n) is 7.08. The van der Waals surface area contributed by atoms with Crippen molar-refractivity contribution in [3.05, 3.63) is 88.6 Å². The van der Waals surface area contributed by atoms with E-state index in [1.54, 1.807) is 42.5 Å². The average molecular weight is 593 g/mol. The van der Waals surface area contributed by atoms with Crippen LogP contribution in [-0.4, -0.2) is 48.2 Å². The maximum Gasteiger partial charge on any atom is 0.303 e. The van der Waals surface area contributed by atoms with Crippen molar-refractivity contribution in [1.29, 1.82) is 0 Å². The molecular formula is C30H29ClN4O5S. The molecule has 0 fully saturated rings. The molecule has 11 heteroatoms. The van der Waals surface area contributed by atoms with Gasteiger partial charge in [0.2, 0.25) is 10.0 Å². The number of carbonyl (C=O) groups excluding carboxylic acids is 1. The Morgan fingerprint density at radius 2 is 1.78 bits per heavy atom. The first-order chi connectivity index (χ1) is 19.6. The number of nitrogens with zero attached hydrogens (tertiary/aromatic N) is 3. The number of fused-ring (bicyclic) bond motifs is 2. The molecule has 1 aliphatic rings. The fourth-order valence-corrected chi connectivity index (χ4v) is 6.17. The fourth-order valence-electron chi connectivity index (χ4n) is 5.08. The van der Waals surface area contributed by atoms with Crippen LogP contribution in [0.4, 0.5) is 5.69 Å². The van der Waals surface area contributed by atoms with Gasteiger partial charge in [-0.3, -0.25) is 13.9 Å². The van der Waals surface area contributed by atoms with Crippen LogP contribution in [0.25, 0.3) is 22.3 Å². The number of halogens is 1. The van der Waals surface area contributed by atoms with Gasteiger partial charge in [-0.15, -0.1) is 0 Å². The molecule has 0 saturated heterocycles. The van der Waals surface area contributed by atoms with Crippen LogP contribution in [0.2, 0.25) is 5.02 Å². The number of rotatable bonds is 9. The minimum absolute atomic E-state index is 0.0772. The number of carboxylic acids is 1. The minimum Gasteiger partial charge on any atom is -0.481 e. The SMILES string of the molecule is CS(=O)(=O)N1CCC(NC(=O)c2ccc3nc(-c4ccc(Cl)cc4)c(CCCCC(=O)O)nc3c2)c2ccccc21. The Kier molecular flexibility index (Phi) is 8.23. The lowest BCUT2D eigenvalue weighted by molar-refractivity contribution is -0.137. The van der Waals surface area contributed by atoms with E-state index in [-0.39, 0.29) is 24.9 Å². The Labute approximate surface area is 243 Å². The third kappa shape index (κ3) is 6.49. The molecule has 0 radical (unpaired) electrons. The van der Waals surface area contributed by atoms with Gasteiger partial charge in [0.05, 0.1) is 40.4 Å². The molecule has 0 bridgehead atoms. The summed E-state index contributed by atoms with van der Waals surface area (Å²) in [5.41, 5.74) is 5.14. The number of hydrogen-bond acceptors (Lipinski definition) is 6. The second kappa shape index (κ2) is 11.8. The van der Waals surface area contributed by atoms with Gasteiger partial charge in [-0.05, 0) is 67.6 Å². The zero-order chi connectivity index (χ0) is 29.1. The van der Waals surface area contributed by atoms with Gasteiger partial charge in [-0.25, -0.2) is 18.4 Å². The van der Waals surface area contributed by atoms with E-state index in [0.29, 0.717) is 64.4 Å². The molecule has 1 aliphatic heterocycles. The third-order valence-corrected chi connectivity index (χ3v) is 8.51. The van der Waals surface area contributed by atoms with Gasteiger partial charge in [-0.1, -0.05) is 41.9 Å². The van der Waals surface area contributed by atoms with Gasteiger partial charge in [-0.2, -0.15) is 0 Å². The standard InChI is InChI=1S/C30H29ClN4O5S/c1-41(39,40)35-17-16-23(22-6-2-4-8-27(22)35)34-30(38)20-12-15-24-26(18-20)32-25(7-3-5-9-28(36)37)29(33-24)19-10-13-21(31)14-11-19/h2,4,6,8,10-15,18,23H,3,5,7,9,16-17H2,1H3,(H,34,38)(H,36,37). The molecule has 1 unspecified atom stereocenters. The highest BCUT2D eigenvalue weighted by molar-refractivity contribution is 7.92. The number of aryl methyl sites for hydroxylation is 1. The van der Waals surface area contributed by atoms with Crippen molar-refractivity contribution < 1.29 is 23.1 Å². The van der Waals surface area contributed by atoms with Crippen LogP contribution in [-0.2, 0) is 21.2 Å². The second-order valence-electron chi connectivity index (χ2n) is 10.0. The first kappa shape index (κ1) is 28.5. The van der Waals surface area contributed by atoms with Crippen molar-refractivity contribution in [2.75, 3.05) is 17.1 Å². The molecule has 41 heavy (non-hydrogen) atoms. The van der Waals surface area contributed by atoms with Gasteiger partial charge < -0.3 is 10.4 Å². The average Bonchev–Trinajstić information content (AvgIpc) is 2.94. The zero-order valence-corrected chi connectivity index (χ0v) is 24.0. The van der Waals surface area contributed by atoms with Gasteiger partial charge in [0.15, 0.2) is 0 Å². The molecule has 3 aromatic carbocycles. The lowest BCUT2D eigenvalue weighted by Gasteiger charge is -2.34. The highest BCUT2D eigenvalue weighted by atomic mass is 35.5. The maximum atomic E-state index is 13.4. The van der Waals surface area contributed by atoms with Gasteiger partial charge in [0, 0.05) is 29.1 Å². The highest BCUT2D eigenvalue weighted by Gasteiger charge is 2.30. The lowest BCUT2D eigenvalue weighted by atomic mass is 9.97. The summed E-state index contributed by atoms with van der Waals surface area (Å²) >= 11 is 6.08. The number of aliphatic carboxylic acids is 1. The summed E-state index contributed by atoms with van der Waals surface area (Å²) in [6, 6.07) is 19.3. The number of amides is 1. The summed E-state index contributed by atoms with van der Waals surface area (Å²) < 4.78 is 25.9. The number of aromatic nitrogens is 2. The van der Waals surface area contributed by atoms with E-state index in [9.17, 15) is 18.0 Å². The number of nitrogens with one attached hydrogen (secondary N) is 1. The van der Waals surface area contributed by atoms with Crippen molar-refractivity contribution in [3.8, 4) is 11.3 Å². The quantitative estimate of drug-likeness (QED) is 0.249. The molecule has 1 aromatic heterocycles. The molecule has 1 atom stereocenters. The largest absolute Gasteiger partial charge is 0.481 e. The Bertz CT molecular complexity index is 1730. The molecule has 1 amide bonds. The fraction of sp³-hybridized carbons (Fsp3) is 0.267. The van der Waals surface area contributed by atoms with Crippen LogP contribution in [0.5, 0.6) is 0 Å². The predicted molar refractivity (Wildman–Crippen MR) is 159 cm³/mol. The first-order valence-electron chi connectivity index (χ1n) is 13.3. The van der Waals surface area contributed by atoms with Crippen LogP contribution < -0.4 is 9.62 Å². The lowest BCUT2D eigenvalue weighted by Crippen LogP contribution is -2.40. The summed E-state index contributed by atoms with van der Waals surface area (Å²) in [6.07, 6.45) is 3.36. The zero-order valence-electron chi connectivity index (χ0n) is 22.4. The first-order valence-corrected chi connectivity index (χ1v) is 15.5. The Hall–Kier alpha value is -4.02. The number of benzene rings is 3. The van der Waals surface area contributed by atoms with Crippen LogP contribution in [0, 0.1) is 0 Å². The number of carboxylic acid groups (broad SMARTS) is 1. The Balaban J connectivity index is 1.43. The number of sulfonamides is 1. The molecule has 0 spiro atoms. The summed E-state index contributed by atoms with van der Waals surface area (Å²) in [5, 5.41) is 12.7. The maximum absolute atomic E-state index is 13.4. The van der Waals surface area contributed by atoms with Gasteiger partial charge in [0.1, 0.15) is 0 Å². The highest BCUT2D eigenvalue weighted by Crippen LogP contribution is 2.35. The van der Waals surface area contributed by atoms with E-state index in [2.05, 4.69) is 5.32 Å². The number of para-hydroxylation sites is 1. The second-order valence-corrected chi connectivity index (χ2v) is 12.4. The van der Waals surface area contributed by atoms with Crippen molar-refractivity contribution in [2.24, 2.45) is 0 Å². The summed E-state index contributed by atoms with van der Waals surface area (Å²) in [6.45, 7) is 0.267. The number of unbranched alkanes of at least 4 members (excludes halogenated alkanes) is 1. The van der Waals surface area contributed by atoms with Crippen LogP contribution in [0.3, 0.4) is 0 Å². The summed E-state index contributed by atoms with van der Waals surface area (Å²) in [5.74, 6) is -1.14. The normalized spacial score (nSPS) is 15.0.